The lowest BCUT2D eigenvalue weighted by molar-refractivity contribution is -0.121. The molecule has 0 spiro atoms. The monoisotopic (exact) mass is 431 g/mol. The Labute approximate surface area is 175 Å². The van der Waals surface area contributed by atoms with Crippen LogP contribution >= 0.6 is 11.3 Å². The van der Waals surface area contributed by atoms with Crippen LogP contribution in [0.15, 0.2) is 52.9 Å². The van der Waals surface area contributed by atoms with Crippen molar-refractivity contribution >= 4 is 38.2 Å². The highest BCUT2D eigenvalue weighted by atomic mass is 32.2. The van der Waals surface area contributed by atoms with E-state index in [1.807, 2.05) is 34.3 Å². The third-order valence-corrected chi connectivity index (χ3v) is 8.13. The van der Waals surface area contributed by atoms with Crippen molar-refractivity contribution in [3.63, 3.8) is 0 Å². The van der Waals surface area contributed by atoms with E-state index in [2.05, 4.69) is 11.4 Å². The molecule has 1 saturated heterocycles. The molecule has 0 radical (unpaired) electrons. The number of sulfonamides is 1. The number of carbonyl (C=O) groups excluding carboxylic acids is 1. The van der Waals surface area contributed by atoms with Gasteiger partial charge in [0.15, 0.2) is 0 Å². The molecule has 1 amide bonds. The van der Waals surface area contributed by atoms with Crippen molar-refractivity contribution in [1.29, 1.82) is 0 Å². The SMILES string of the molecule is O=C(CCn1ccc2cc(S(=O)(=O)N3CCCC3)ccc21)NCCc1cccs1. The standard InChI is InChI=1S/C21H25N3O3S2/c25-21(22-10-7-18-4-3-15-28-18)9-14-23-13-8-17-16-19(5-6-20(17)23)29(26,27)24-11-1-2-12-24/h3-6,8,13,15-16H,1-2,7,9-12,14H2,(H,22,25). The Morgan fingerprint density at radius 3 is 2.72 bits per heavy atom. The number of carbonyl (C=O) groups is 1. The lowest BCUT2D eigenvalue weighted by Gasteiger charge is -2.15. The highest BCUT2D eigenvalue weighted by Crippen LogP contribution is 2.25. The van der Waals surface area contributed by atoms with Crippen molar-refractivity contribution in [2.45, 2.75) is 37.1 Å². The first-order valence-corrected chi connectivity index (χ1v) is 12.2. The first-order valence-electron chi connectivity index (χ1n) is 9.92. The largest absolute Gasteiger partial charge is 0.356 e. The molecule has 3 heterocycles. The van der Waals surface area contributed by atoms with Gasteiger partial charge in [0.25, 0.3) is 0 Å². The number of aromatic nitrogens is 1. The second-order valence-electron chi connectivity index (χ2n) is 7.27. The van der Waals surface area contributed by atoms with E-state index < -0.39 is 10.0 Å². The molecule has 1 aromatic carbocycles. The van der Waals surface area contributed by atoms with Gasteiger partial charge < -0.3 is 9.88 Å². The molecule has 154 valence electrons. The summed E-state index contributed by atoms with van der Waals surface area (Å²) in [6.45, 7) is 2.40. The third kappa shape index (κ3) is 4.55. The van der Waals surface area contributed by atoms with Crippen molar-refractivity contribution in [2.75, 3.05) is 19.6 Å². The van der Waals surface area contributed by atoms with Crippen molar-refractivity contribution in [3.8, 4) is 0 Å². The molecule has 0 atom stereocenters. The minimum Gasteiger partial charge on any atom is -0.356 e. The molecule has 3 aromatic rings. The summed E-state index contributed by atoms with van der Waals surface area (Å²) in [5, 5.41) is 5.88. The second kappa shape index (κ2) is 8.69. The fourth-order valence-corrected chi connectivity index (χ4v) is 5.96. The predicted molar refractivity (Wildman–Crippen MR) is 116 cm³/mol. The Morgan fingerprint density at radius 2 is 1.97 bits per heavy atom. The van der Waals surface area contributed by atoms with Gasteiger partial charge in [-0.1, -0.05) is 6.07 Å². The summed E-state index contributed by atoms with van der Waals surface area (Å²) in [6.07, 6.45) is 5.00. The van der Waals surface area contributed by atoms with E-state index in [1.165, 1.54) is 4.88 Å². The van der Waals surface area contributed by atoms with Gasteiger partial charge in [0, 0.05) is 54.6 Å². The molecule has 0 aliphatic carbocycles. The van der Waals surface area contributed by atoms with Crippen LogP contribution in [0, 0.1) is 0 Å². The Hall–Kier alpha value is -2.16. The average molecular weight is 432 g/mol. The fourth-order valence-electron chi connectivity index (χ4n) is 3.70. The molecular formula is C21H25N3O3S2. The normalized spacial score (nSPS) is 15.2. The van der Waals surface area contributed by atoms with Gasteiger partial charge >= 0.3 is 0 Å². The Balaban J connectivity index is 1.37. The molecule has 0 bridgehead atoms. The molecule has 1 aliphatic heterocycles. The quantitative estimate of drug-likeness (QED) is 0.595. The molecule has 6 nitrogen and oxygen atoms in total. The number of hydrogen-bond acceptors (Lipinski definition) is 4. The number of hydrogen-bond donors (Lipinski definition) is 1. The zero-order valence-electron chi connectivity index (χ0n) is 16.2. The molecule has 1 N–H and O–H groups in total. The van der Waals surface area contributed by atoms with Crippen molar-refractivity contribution in [2.24, 2.45) is 0 Å². The van der Waals surface area contributed by atoms with Gasteiger partial charge in [0.2, 0.25) is 15.9 Å². The van der Waals surface area contributed by atoms with Crippen LogP contribution in [0.2, 0.25) is 0 Å². The van der Waals surface area contributed by atoms with Gasteiger partial charge in [-0.05, 0) is 55.0 Å². The molecule has 0 unspecified atom stereocenters. The molecular weight excluding hydrogens is 406 g/mol. The minimum atomic E-state index is -3.41. The summed E-state index contributed by atoms with van der Waals surface area (Å²) in [6, 6.07) is 11.2. The number of aryl methyl sites for hydroxylation is 1. The van der Waals surface area contributed by atoms with Crippen LogP contribution in [-0.2, 0) is 27.8 Å². The fraction of sp³-hybridized carbons (Fsp3) is 0.381. The number of fused-ring (bicyclic) bond motifs is 1. The zero-order valence-corrected chi connectivity index (χ0v) is 17.8. The van der Waals surface area contributed by atoms with Crippen LogP contribution in [0.5, 0.6) is 0 Å². The van der Waals surface area contributed by atoms with E-state index >= 15 is 0 Å². The summed E-state index contributed by atoms with van der Waals surface area (Å²) in [5.41, 5.74) is 0.941. The molecule has 1 fully saturated rings. The van der Waals surface area contributed by atoms with Gasteiger partial charge in [-0.2, -0.15) is 4.31 Å². The summed E-state index contributed by atoms with van der Waals surface area (Å²) in [7, 11) is -3.41. The molecule has 29 heavy (non-hydrogen) atoms. The molecule has 1 aliphatic rings. The number of benzene rings is 1. The van der Waals surface area contributed by atoms with E-state index in [0.29, 0.717) is 37.5 Å². The maximum atomic E-state index is 12.8. The maximum absolute atomic E-state index is 12.8. The van der Waals surface area contributed by atoms with Crippen molar-refractivity contribution < 1.29 is 13.2 Å². The second-order valence-corrected chi connectivity index (χ2v) is 10.2. The number of nitrogens with one attached hydrogen (secondary N) is 1. The predicted octanol–water partition coefficient (Wildman–Crippen LogP) is 3.24. The molecule has 0 saturated carbocycles. The highest BCUT2D eigenvalue weighted by Gasteiger charge is 2.27. The topological polar surface area (TPSA) is 71.4 Å². The first kappa shape index (κ1) is 20.1. The van der Waals surface area contributed by atoms with Crippen LogP contribution in [0.3, 0.4) is 0 Å². The molecule has 8 heteroatoms. The van der Waals surface area contributed by atoms with Gasteiger partial charge in [0.05, 0.1) is 4.90 Å². The van der Waals surface area contributed by atoms with Crippen molar-refractivity contribution in [1.82, 2.24) is 14.2 Å². The van der Waals surface area contributed by atoms with Gasteiger partial charge in [-0.3, -0.25) is 4.79 Å². The average Bonchev–Trinajstić information content (AvgIpc) is 3.47. The van der Waals surface area contributed by atoms with E-state index in [-0.39, 0.29) is 5.91 Å². The van der Waals surface area contributed by atoms with Crippen LogP contribution in [0.1, 0.15) is 24.1 Å². The molecule has 2 aromatic heterocycles. The summed E-state index contributed by atoms with van der Waals surface area (Å²) >= 11 is 1.70. The minimum absolute atomic E-state index is 0.0247. The van der Waals surface area contributed by atoms with Crippen LogP contribution in [-0.4, -0.2) is 42.8 Å². The lowest BCUT2D eigenvalue weighted by atomic mass is 10.2. The Kier molecular flexibility index (Phi) is 6.03. The highest BCUT2D eigenvalue weighted by molar-refractivity contribution is 7.89. The van der Waals surface area contributed by atoms with Crippen LogP contribution in [0.4, 0.5) is 0 Å². The van der Waals surface area contributed by atoms with Gasteiger partial charge in [0.1, 0.15) is 0 Å². The summed E-state index contributed by atoms with van der Waals surface area (Å²) in [5.74, 6) is 0.0247. The van der Waals surface area contributed by atoms with E-state index in [9.17, 15) is 13.2 Å². The van der Waals surface area contributed by atoms with E-state index in [1.54, 1.807) is 27.8 Å². The van der Waals surface area contributed by atoms with Gasteiger partial charge in [-0.15, -0.1) is 11.3 Å². The van der Waals surface area contributed by atoms with Crippen LogP contribution < -0.4 is 5.32 Å². The number of nitrogens with zero attached hydrogens (tertiary/aromatic N) is 2. The zero-order chi connectivity index (χ0) is 20.3. The molecule has 4 rings (SSSR count). The van der Waals surface area contributed by atoms with E-state index in [0.717, 1.165) is 30.2 Å². The van der Waals surface area contributed by atoms with Crippen LogP contribution in [0.25, 0.3) is 10.9 Å². The Morgan fingerprint density at radius 1 is 1.14 bits per heavy atom. The summed E-state index contributed by atoms with van der Waals surface area (Å²) < 4.78 is 29.1. The Bertz CT molecular complexity index is 1080. The smallest absolute Gasteiger partial charge is 0.243 e. The van der Waals surface area contributed by atoms with E-state index in [4.69, 9.17) is 0 Å². The lowest BCUT2D eigenvalue weighted by Crippen LogP contribution is -2.27. The maximum Gasteiger partial charge on any atom is 0.243 e. The van der Waals surface area contributed by atoms with Crippen molar-refractivity contribution in [3.05, 3.63) is 52.9 Å². The number of amides is 1. The first-order chi connectivity index (χ1) is 14.0. The number of thiophene rings is 1. The number of rotatable bonds is 8. The summed E-state index contributed by atoms with van der Waals surface area (Å²) in [4.78, 5) is 13.7. The van der Waals surface area contributed by atoms with Gasteiger partial charge in [-0.25, -0.2) is 8.42 Å². The third-order valence-electron chi connectivity index (χ3n) is 5.30.